The molecule has 0 aliphatic carbocycles. The first-order valence-corrected chi connectivity index (χ1v) is 10.7. The Morgan fingerprint density at radius 3 is 2.52 bits per heavy atom. The molecule has 0 unspecified atom stereocenters. The minimum absolute atomic E-state index is 0.139. The Hall–Kier alpha value is -3.65. The number of para-hydroxylation sites is 1. The largest absolute Gasteiger partial charge is 0.348 e. The maximum Gasteiger partial charge on any atom is 0.253 e. The van der Waals surface area contributed by atoms with Crippen LogP contribution in [0.5, 0.6) is 0 Å². The summed E-state index contributed by atoms with van der Waals surface area (Å²) < 4.78 is 1.72. The number of carbonyl (C=O) groups excluding carboxylic acids is 2. The van der Waals surface area contributed by atoms with Gasteiger partial charge in [-0.2, -0.15) is 0 Å². The number of benzene rings is 2. The number of hydrogen-bond donors (Lipinski definition) is 2. The standard InChI is InChI=1S/C23H21N5O2S/c1-16-7-9-17(10-8-16)13-24-22(30)18-11-12-20-26-27-23(28(20)14-18)31-15-21(29)25-19-5-3-2-4-6-19/h2-12,14H,13,15H2,1H3,(H,24,30)(H,25,29). The van der Waals surface area contributed by atoms with Gasteiger partial charge in [0.1, 0.15) is 0 Å². The first-order valence-electron chi connectivity index (χ1n) is 9.75. The Balaban J connectivity index is 1.40. The first kappa shape index (κ1) is 20.6. The van der Waals surface area contributed by atoms with E-state index in [9.17, 15) is 9.59 Å². The maximum atomic E-state index is 12.6. The van der Waals surface area contributed by atoms with Crippen LogP contribution in [0.15, 0.2) is 78.1 Å². The minimum atomic E-state index is -0.186. The van der Waals surface area contributed by atoms with Gasteiger partial charge in [0.2, 0.25) is 5.91 Å². The lowest BCUT2D eigenvalue weighted by Gasteiger charge is -2.07. The summed E-state index contributed by atoms with van der Waals surface area (Å²) in [5.41, 5.74) is 4.06. The second-order valence-corrected chi connectivity index (χ2v) is 7.94. The molecule has 8 heteroatoms. The van der Waals surface area contributed by atoms with Crippen molar-refractivity contribution in [3.8, 4) is 0 Å². The van der Waals surface area contributed by atoms with Crippen LogP contribution < -0.4 is 10.6 Å². The zero-order chi connectivity index (χ0) is 21.6. The maximum absolute atomic E-state index is 12.6. The van der Waals surface area contributed by atoms with Gasteiger partial charge in [-0.25, -0.2) is 0 Å². The molecule has 0 aliphatic rings. The topological polar surface area (TPSA) is 88.4 Å². The van der Waals surface area contributed by atoms with E-state index in [0.717, 1.165) is 11.3 Å². The third-order valence-electron chi connectivity index (χ3n) is 4.60. The van der Waals surface area contributed by atoms with E-state index in [0.29, 0.717) is 22.9 Å². The average molecular weight is 432 g/mol. The van der Waals surface area contributed by atoms with Crippen LogP contribution in [0.3, 0.4) is 0 Å². The molecule has 7 nitrogen and oxygen atoms in total. The fourth-order valence-corrected chi connectivity index (χ4v) is 3.66. The highest BCUT2D eigenvalue weighted by molar-refractivity contribution is 7.99. The van der Waals surface area contributed by atoms with E-state index in [-0.39, 0.29) is 17.6 Å². The number of nitrogens with zero attached hydrogens (tertiary/aromatic N) is 3. The second-order valence-electron chi connectivity index (χ2n) is 7.00. The van der Waals surface area contributed by atoms with E-state index in [1.54, 1.807) is 22.7 Å². The summed E-state index contributed by atoms with van der Waals surface area (Å²) in [6.07, 6.45) is 1.69. The van der Waals surface area contributed by atoms with Crippen LogP contribution in [0.25, 0.3) is 5.65 Å². The smallest absolute Gasteiger partial charge is 0.253 e. The summed E-state index contributed by atoms with van der Waals surface area (Å²) in [7, 11) is 0. The lowest BCUT2D eigenvalue weighted by atomic mass is 10.1. The lowest BCUT2D eigenvalue weighted by Crippen LogP contribution is -2.23. The summed E-state index contributed by atoms with van der Waals surface area (Å²) in [4.78, 5) is 24.8. The van der Waals surface area contributed by atoms with Crippen molar-refractivity contribution in [2.45, 2.75) is 18.6 Å². The van der Waals surface area contributed by atoms with Crippen molar-refractivity contribution in [2.24, 2.45) is 0 Å². The minimum Gasteiger partial charge on any atom is -0.348 e. The molecule has 2 amide bonds. The van der Waals surface area contributed by atoms with Gasteiger partial charge in [-0.3, -0.25) is 14.0 Å². The highest BCUT2D eigenvalue weighted by Gasteiger charge is 2.12. The third-order valence-corrected chi connectivity index (χ3v) is 5.54. The molecule has 0 spiro atoms. The van der Waals surface area contributed by atoms with Crippen molar-refractivity contribution < 1.29 is 9.59 Å². The van der Waals surface area contributed by atoms with Crippen LogP contribution in [0.4, 0.5) is 5.69 Å². The van der Waals surface area contributed by atoms with Gasteiger partial charge in [-0.15, -0.1) is 10.2 Å². The average Bonchev–Trinajstić information content (AvgIpc) is 3.20. The number of fused-ring (bicyclic) bond motifs is 1. The molecule has 2 heterocycles. The van der Waals surface area contributed by atoms with Crippen molar-refractivity contribution in [3.63, 3.8) is 0 Å². The number of pyridine rings is 1. The molecule has 0 aliphatic heterocycles. The molecular formula is C23H21N5O2S. The van der Waals surface area contributed by atoms with Gasteiger partial charge in [0.25, 0.3) is 5.91 Å². The Labute approximate surface area is 183 Å². The molecule has 0 saturated carbocycles. The van der Waals surface area contributed by atoms with E-state index >= 15 is 0 Å². The number of hydrogen-bond acceptors (Lipinski definition) is 5. The Morgan fingerprint density at radius 1 is 0.968 bits per heavy atom. The van der Waals surface area contributed by atoms with Crippen LogP contribution in [0, 0.1) is 6.92 Å². The van der Waals surface area contributed by atoms with E-state index in [1.165, 1.54) is 17.3 Å². The van der Waals surface area contributed by atoms with Crippen LogP contribution >= 0.6 is 11.8 Å². The van der Waals surface area contributed by atoms with Gasteiger partial charge < -0.3 is 10.6 Å². The molecule has 0 radical (unpaired) electrons. The summed E-state index contributed by atoms with van der Waals surface area (Å²) >= 11 is 1.26. The number of rotatable bonds is 7. The molecule has 2 aromatic heterocycles. The number of carbonyl (C=O) groups is 2. The predicted octanol–water partition coefficient (Wildman–Crippen LogP) is 3.70. The molecule has 4 rings (SSSR count). The quantitative estimate of drug-likeness (QED) is 0.436. The van der Waals surface area contributed by atoms with Crippen molar-refractivity contribution in [1.82, 2.24) is 19.9 Å². The van der Waals surface area contributed by atoms with Crippen LogP contribution in [0.2, 0.25) is 0 Å². The Morgan fingerprint density at radius 2 is 1.74 bits per heavy atom. The van der Waals surface area contributed by atoms with Crippen LogP contribution in [-0.4, -0.2) is 32.2 Å². The molecule has 156 valence electrons. The summed E-state index contributed by atoms with van der Waals surface area (Å²) in [6, 6.07) is 20.7. The van der Waals surface area contributed by atoms with Crippen LogP contribution in [-0.2, 0) is 11.3 Å². The Kier molecular flexibility index (Phi) is 6.28. The molecular weight excluding hydrogens is 410 g/mol. The number of aryl methyl sites for hydroxylation is 1. The summed E-state index contributed by atoms with van der Waals surface area (Å²) in [5, 5.41) is 14.6. The third kappa shape index (κ3) is 5.29. The fraction of sp³-hybridized carbons (Fsp3) is 0.130. The van der Waals surface area contributed by atoms with Crippen molar-refractivity contribution in [2.75, 3.05) is 11.1 Å². The molecule has 2 N–H and O–H groups in total. The number of nitrogens with one attached hydrogen (secondary N) is 2. The lowest BCUT2D eigenvalue weighted by molar-refractivity contribution is -0.113. The molecule has 31 heavy (non-hydrogen) atoms. The summed E-state index contributed by atoms with van der Waals surface area (Å²) in [5.74, 6) is -0.145. The molecule has 0 atom stereocenters. The molecule has 0 bridgehead atoms. The highest BCUT2D eigenvalue weighted by atomic mass is 32.2. The van der Waals surface area contributed by atoms with Gasteiger partial charge in [0.05, 0.1) is 11.3 Å². The van der Waals surface area contributed by atoms with E-state index in [2.05, 4.69) is 20.8 Å². The van der Waals surface area contributed by atoms with E-state index in [1.807, 2.05) is 61.5 Å². The number of amides is 2. The SMILES string of the molecule is Cc1ccc(CNC(=O)c2ccc3nnc(SCC(=O)Nc4ccccc4)n3c2)cc1. The van der Waals surface area contributed by atoms with Crippen molar-refractivity contribution in [3.05, 3.63) is 89.6 Å². The van der Waals surface area contributed by atoms with Gasteiger partial charge in [-0.1, -0.05) is 59.8 Å². The van der Waals surface area contributed by atoms with E-state index in [4.69, 9.17) is 0 Å². The highest BCUT2D eigenvalue weighted by Crippen LogP contribution is 2.18. The van der Waals surface area contributed by atoms with Crippen molar-refractivity contribution >= 4 is 34.9 Å². The number of thioether (sulfide) groups is 1. The van der Waals surface area contributed by atoms with Gasteiger partial charge in [-0.05, 0) is 36.8 Å². The molecule has 0 saturated heterocycles. The monoisotopic (exact) mass is 431 g/mol. The Bertz CT molecular complexity index is 1210. The van der Waals surface area contributed by atoms with Crippen molar-refractivity contribution in [1.29, 1.82) is 0 Å². The number of aromatic nitrogens is 3. The summed E-state index contributed by atoms with van der Waals surface area (Å²) in [6.45, 7) is 2.47. The van der Waals surface area contributed by atoms with Gasteiger partial charge >= 0.3 is 0 Å². The molecule has 4 aromatic rings. The molecule has 2 aromatic carbocycles. The van der Waals surface area contributed by atoms with Gasteiger partial charge in [0.15, 0.2) is 10.8 Å². The zero-order valence-electron chi connectivity index (χ0n) is 16.9. The first-order chi connectivity index (χ1) is 15.1. The van der Waals surface area contributed by atoms with Gasteiger partial charge in [0, 0.05) is 18.4 Å². The predicted molar refractivity (Wildman–Crippen MR) is 121 cm³/mol. The normalized spacial score (nSPS) is 10.7. The second kappa shape index (κ2) is 9.44. The van der Waals surface area contributed by atoms with Crippen LogP contribution in [0.1, 0.15) is 21.5 Å². The number of anilines is 1. The van der Waals surface area contributed by atoms with E-state index < -0.39 is 0 Å². The zero-order valence-corrected chi connectivity index (χ0v) is 17.7. The fourth-order valence-electron chi connectivity index (χ4n) is 2.94. The molecule has 0 fully saturated rings.